The number of aliphatic hydroxyl groups is 2. The van der Waals surface area contributed by atoms with Crippen molar-refractivity contribution in [1.82, 2.24) is 0 Å². The molecule has 2 heteroatoms. The SMILES string of the molecule is C=C1CC[C@H](O)C/C1=C/C=C1/CCC[C@]2(C)[C@@H]([C@H](C)/C=C\[C@H](C)C(C)(C)O)CC[C@@H]12. The summed E-state index contributed by atoms with van der Waals surface area (Å²) in [7, 11) is 0. The van der Waals surface area contributed by atoms with Gasteiger partial charge in [0.25, 0.3) is 0 Å². The monoisotopic (exact) mass is 412 g/mol. The molecule has 3 aliphatic rings. The first-order valence-corrected chi connectivity index (χ1v) is 12.2. The van der Waals surface area contributed by atoms with Crippen LogP contribution in [0, 0.1) is 29.1 Å². The van der Waals surface area contributed by atoms with Crippen molar-refractivity contribution in [3.05, 3.63) is 47.6 Å². The van der Waals surface area contributed by atoms with Gasteiger partial charge in [-0.15, -0.1) is 0 Å². The van der Waals surface area contributed by atoms with E-state index >= 15 is 0 Å². The highest BCUT2D eigenvalue weighted by Gasteiger charge is 2.50. The third-order valence-electron chi connectivity index (χ3n) is 8.68. The molecule has 0 aromatic carbocycles. The van der Waals surface area contributed by atoms with E-state index in [4.69, 9.17) is 0 Å². The van der Waals surface area contributed by atoms with Crippen LogP contribution >= 0.6 is 0 Å². The fourth-order valence-corrected chi connectivity index (χ4v) is 6.25. The molecule has 0 spiro atoms. The van der Waals surface area contributed by atoms with Crippen LogP contribution in [0.15, 0.2) is 47.6 Å². The van der Waals surface area contributed by atoms with Crippen molar-refractivity contribution in [2.75, 3.05) is 0 Å². The third kappa shape index (κ3) is 5.02. The van der Waals surface area contributed by atoms with Crippen molar-refractivity contribution in [2.24, 2.45) is 29.1 Å². The van der Waals surface area contributed by atoms with E-state index in [1.165, 1.54) is 43.3 Å². The van der Waals surface area contributed by atoms with Crippen LogP contribution in [0.1, 0.15) is 86.0 Å². The minimum Gasteiger partial charge on any atom is -0.393 e. The Morgan fingerprint density at radius 1 is 1.10 bits per heavy atom. The zero-order chi connectivity index (χ0) is 22.1. The van der Waals surface area contributed by atoms with E-state index in [2.05, 4.69) is 51.7 Å². The fraction of sp³-hybridized carbons (Fsp3) is 0.714. The Bertz CT molecular complexity index is 719. The van der Waals surface area contributed by atoms with Crippen LogP contribution in [0.25, 0.3) is 0 Å². The molecule has 2 N–H and O–H groups in total. The predicted molar refractivity (Wildman–Crippen MR) is 127 cm³/mol. The maximum absolute atomic E-state index is 10.3. The van der Waals surface area contributed by atoms with Crippen molar-refractivity contribution < 1.29 is 10.2 Å². The van der Waals surface area contributed by atoms with Crippen LogP contribution in [0.2, 0.25) is 0 Å². The van der Waals surface area contributed by atoms with Gasteiger partial charge in [0.1, 0.15) is 0 Å². The standard InChI is InChI=1S/C28H44O2/c1-19-10-14-24(29)18-23(19)13-12-22-8-7-17-28(6)25(15-16-26(22)28)20(2)9-11-21(3)27(4,5)30/h9,11-13,20-21,24-26,29-30H,1,7-8,10,14-18H2,2-6H3/b11-9-,22-12-,23-13-/t20-,21+,24+,25-,26+,28-/m1/s1. The minimum atomic E-state index is -0.663. The van der Waals surface area contributed by atoms with Gasteiger partial charge in [-0.2, -0.15) is 0 Å². The van der Waals surface area contributed by atoms with E-state index < -0.39 is 5.60 Å². The Morgan fingerprint density at radius 2 is 1.83 bits per heavy atom. The molecule has 0 aromatic heterocycles. The molecule has 3 aliphatic carbocycles. The molecular weight excluding hydrogens is 368 g/mol. The molecule has 30 heavy (non-hydrogen) atoms. The summed E-state index contributed by atoms with van der Waals surface area (Å²) in [6.45, 7) is 15.0. The van der Waals surface area contributed by atoms with Crippen molar-refractivity contribution >= 4 is 0 Å². The Kier molecular flexibility index (Phi) is 7.19. The molecule has 3 saturated carbocycles. The van der Waals surface area contributed by atoms with Gasteiger partial charge in [-0.25, -0.2) is 0 Å². The first-order valence-electron chi connectivity index (χ1n) is 12.2. The molecule has 0 aromatic rings. The summed E-state index contributed by atoms with van der Waals surface area (Å²) in [5, 5.41) is 20.3. The van der Waals surface area contributed by atoms with Crippen LogP contribution in [0.4, 0.5) is 0 Å². The number of rotatable bonds is 5. The normalized spacial score (nSPS) is 37.7. The lowest BCUT2D eigenvalue weighted by Gasteiger charge is -2.44. The average molecular weight is 413 g/mol. The molecule has 0 aliphatic heterocycles. The average Bonchev–Trinajstić information content (AvgIpc) is 3.03. The van der Waals surface area contributed by atoms with E-state index in [1.807, 2.05) is 13.8 Å². The molecule has 0 saturated heterocycles. The number of allylic oxidation sites excluding steroid dienone is 5. The van der Waals surface area contributed by atoms with Gasteiger partial charge in [-0.3, -0.25) is 0 Å². The third-order valence-corrected chi connectivity index (χ3v) is 8.68. The summed E-state index contributed by atoms with van der Waals surface area (Å²) in [5.74, 6) is 2.08. The first-order chi connectivity index (χ1) is 14.0. The van der Waals surface area contributed by atoms with Gasteiger partial charge in [0.2, 0.25) is 0 Å². The molecule has 0 bridgehead atoms. The highest BCUT2D eigenvalue weighted by molar-refractivity contribution is 5.36. The van der Waals surface area contributed by atoms with Gasteiger partial charge >= 0.3 is 0 Å². The smallest absolute Gasteiger partial charge is 0.0651 e. The number of hydrogen-bond acceptors (Lipinski definition) is 2. The second kappa shape index (κ2) is 9.17. The zero-order valence-electron chi connectivity index (χ0n) is 20.0. The van der Waals surface area contributed by atoms with Crippen molar-refractivity contribution in [3.63, 3.8) is 0 Å². The van der Waals surface area contributed by atoms with Crippen LogP contribution in [0.5, 0.6) is 0 Å². The molecule has 0 heterocycles. The van der Waals surface area contributed by atoms with E-state index in [1.54, 1.807) is 5.57 Å². The Morgan fingerprint density at radius 3 is 2.53 bits per heavy atom. The summed E-state index contributed by atoms with van der Waals surface area (Å²) in [5.41, 5.74) is 3.78. The number of hydrogen-bond donors (Lipinski definition) is 2. The molecule has 0 radical (unpaired) electrons. The summed E-state index contributed by atoms with van der Waals surface area (Å²) in [4.78, 5) is 0. The summed E-state index contributed by atoms with van der Waals surface area (Å²) in [6, 6.07) is 0. The van der Waals surface area contributed by atoms with Crippen LogP contribution in [-0.4, -0.2) is 21.9 Å². The molecule has 6 atom stereocenters. The summed E-state index contributed by atoms with van der Waals surface area (Å²) in [6.07, 6.45) is 18.0. The molecule has 168 valence electrons. The van der Waals surface area contributed by atoms with Gasteiger partial charge in [-0.05, 0) is 94.0 Å². The maximum Gasteiger partial charge on any atom is 0.0651 e. The maximum atomic E-state index is 10.3. The topological polar surface area (TPSA) is 40.5 Å². The van der Waals surface area contributed by atoms with E-state index in [-0.39, 0.29) is 12.0 Å². The lowest BCUT2D eigenvalue weighted by atomic mass is 9.61. The summed E-state index contributed by atoms with van der Waals surface area (Å²) < 4.78 is 0. The van der Waals surface area contributed by atoms with Gasteiger partial charge < -0.3 is 10.2 Å². The zero-order valence-corrected chi connectivity index (χ0v) is 20.0. The molecule has 3 rings (SSSR count). The number of fused-ring (bicyclic) bond motifs is 1. The first kappa shape index (κ1) is 23.5. The molecular formula is C28H44O2. The van der Waals surface area contributed by atoms with E-state index in [0.29, 0.717) is 23.2 Å². The molecule has 3 fully saturated rings. The van der Waals surface area contributed by atoms with E-state index in [9.17, 15) is 10.2 Å². The van der Waals surface area contributed by atoms with Gasteiger partial charge in [0.15, 0.2) is 0 Å². The van der Waals surface area contributed by atoms with Gasteiger partial charge in [-0.1, -0.05) is 62.8 Å². The Hall–Kier alpha value is -1.12. The van der Waals surface area contributed by atoms with Crippen molar-refractivity contribution in [1.29, 1.82) is 0 Å². The van der Waals surface area contributed by atoms with Gasteiger partial charge in [0.05, 0.1) is 11.7 Å². The van der Waals surface area contributed by atoms with E-state index in [0.717, 1.165) is 19.3 Å². The fourth-order valence-electron chi connectivity index (χ4n) is 6.25. The Labute approximate surface area is 184 Å². The molecule has 0 unspecified atom stereocenters. The van der Waals surface area contributed by atoms with Crippen LogP contribution in [0.3, 0.4) is 0 Å². The van der Waals surface area contributed by atoms with Crippen molar-refractivity contribution in [2.45, 2.75) is 97.7 Å². The van der Waals surface area contributed by atoms with Crippen LogP contribution < -0.4 is 0 Å². The molecule has 2 nitrogen and oxygen atoms in total. The number of aliphatic hydroxyl groups excluding tert-OH is 1. The van der Waals surface area contributed by atoms with Crippen molar-refractivity contribution in [3.8, 4) is 0 Å². The predicted octanol–water partition coefficient (Wildman–Crippen LogP) is 6.76. The lowest BCUT2D eigenvalue weighted by Crippen LogP contribution is -2.35. The summed E-state index contributed by atoms with van der Waals surface area (Å²) >= 11 is 0. The lowest BCUT2D eigenvalue weighted by molar-refractivity contribution is 0.0436. The highest BCUT2D eigenvalue weighted by Crippen LogP contribution is 2.59. The largest absolute Gasteiger partial charge is 0.393 e. The molecule has 0 amide bonds. The quantitative estimate of drug-likeness (QED) is 0.490. The Balaban J connectivity index is 1.75. The second-order valence-corrected chi connectivity index (χ2v) is 11.2. The van der Waals surface area contributed by atoms with Gasteiger partial charge in [0, 0.05) is 5.92 Å². The minimum absolute atomic E-state index is 0.164. The second-order valence-electron chi connectivity index (χ2n) is 11.2. The van der Waals surface area contributed by atoms with Crippen LogP contribution in [-0.2, 0) is 0 Å². The highest BCUT2D eigenvalue weighted by atomic mass is 16.3.